The maximum atomic E-state index is 3.87. The molecule has 0 aromatic carbocycles. The zero-order valence-electron chi connectivity index (χ0n) is 11.8. The highest BCUT2D eigenvalue weighted by Crippen LogP contribution is 2.08. The Labute approximate surface area is 110 Å². The summed E-state index contributed by atoms with van der Waals surface area (Å²) in [6, 6.07) is 0. The van der Waals surface area contributed by atoms with E-state index in [-0.39, 0.29) is 0 Å². The molecule has 0 nitrogen and oxygen atoms in total. The standard InChI is InChI=1S/C17H32/c1-3-5-7-9-11-13-15-17-16-14-12-10-8-6-4-2/h15,17H,1-14,16H2/b17-15+. The second-order valence-corrected chi connectivity index (χ2v) is 4.94. The summed E-state index contributed by atoms with van der Waals surface area (Å²) < 4.78 is 0. The van der Waals surface area contributed by atoms with Crippen molar-refractivity contribution in [2.75, 3.05) is 0 Å². The zero-order valence-corrected chi connectivity index (χ0v) is 11.8. The van der Waals surface area contributed by atoms with Gasteiger partial charge < -0.3 is 0 Å². The third-order valence-corrected chi connectivity index (χ3v) is 3.16. The van der Waals surface area contributed by atoms with Crippen molar-refractivity contribution in [1.82, 2.24) is 0 Å². The first kappa shape index (κ1) is 16.7. The highest BCUT2D eigenvalue weighted by molar-refractivity contribution is 4.81. The molecule has 17 heavy (non-hydrogen) atoms. The molecule has 0 spiro atoms. The van der Waals surface area contributed by atoms with E-state index in [0.717, 1.165) is 12.8 Å². The number of allylic oxidation sites excluding steroid dienone is 2. The number of hydrogen-bond donors (Lipinski definition) is 0. The Morgan fingerprint density at radius 1 is 0.471 bits per heavy atom. The maximum absolute atomic E-state index is 3.87. The Hall–Kier alpha value is -0.260. The van der Waals surface area contributed by atoms with E-state index < -0.39 is 0 Å². The topological polar surface area (TPSA) is 0 Å². The van der Waals surface area contributed by atoms with Gasteiger partial charge in [0.1, 0.15) is 0 Å². The fraction of sp³-hybridized carbons (Fsp3) is 0.765. The molecule has 0 aromatic rings. The summed E-state index contributed by atoms with van der Waals surface area (Å²) in [6.45, 7) is 7.73. The molecule has 100 valence electrons. The molecule has 0 saturated heterocycles. The highest BCUT2D eigenvalue weighted by atomic mass is 13.9. The smallest absolute Gasteiger partial charge is 0.0351 e. The van der Waals surface area contributed by atoms with Crippen LogP contribution in [0.3, 0.4) is 0 Å². The molecule has 0 aliphatic carbocycles. The average Bonchev–Trinajstić information content (AvgIpc) is 2.35. The average molecular weight is 236 g/mol. The van der Waals surface area contributed by atoms with Crippen LogP contribution < -0.4 is 0 Å². The molecule has 0 unspecified atom stereocenters. The van der Waals surface area contributed by atoms with Gasteiger partial charge in [0.2, 0.25) is 0 Å². The molecule has 0 heteroatoms. The third kappa shape index (κ3) is 15.7. The third-order valence-electron chi connectivity index (χ3n) is 3.16. The predicted octanol–water partition coefficient (Wildman–Crippen LogP) is 6.28. The molecular weight excluding hydrogens is 204 g/mol. The molecule has 0 heterocycles. The summed E-state index contributed by atoms with van der Waals surface area (Å²) in [6.07, 6.45) is 21.8. The van der Waals surface area contributed by atoms with Crippen molar-refractivity contribution in [3.63, 3.8) is 0 Å². The Balaban J connectivity index is 2.99. The van der Waals surface area contributed by atoms with Gasteiger partial charge in [-0.3, -0.25) is 0 Å². The Morgan fingerprint density at radius 2 is 0.824 bits per heavy atom. The molecule has 0 N–H and O–H groups in total. The molecule has 0 saturated carbocycles. The fourth-order valence-corrected chi connectivity index (χ4v) is 2.00. The van der Waals surface area contributed by atoms with Crippen molar-refractivity contribution in [3.8, 4) is 0 Å². The predicted molar refractivity (Wildman–Crippen MR) is 79.9 cm³/mol. The summed E-state index contributed by atoms with van der Waals surface area (Å²) in [5.41, 5.74) is 0. The van der Waals surface area contributed by atoms with E-state index in [0.29, 0.717) is 0 Å². The van der Waals surface area contributed by atoms with Gasteiger partial charge in [0, 0.05) is 0 Å². The molecule has 2 radical (unpaired) electrons. The van der Waals surface area contributed by atoms with Crippen LogP contribution in [0.4, 0.5) is 0 Å². The summed E-state index contributed by atoms with van der Waals surface area (Å²) in [7, 11) is 0. The van der Waals surface area contributed by atoms with Crippen LogP contribution in [0.15, 0.2) is 12.2 Å². The van der Waals surface area contributed by atoms with E-state index in [1.807, 2.05) is 0 Å². The van der Waals surface area contributed by atoms with Gasteiger partial charge in [0.25, 0.3) is 0 Å². The van der Waals surface area contributed by atoms with Gasteiger partial charge in [-0.05, 0) is 25.7 Å². The SMILES string of the molecule is [CH2]CCCCCC/C=C/CCCCCCC[CH2]. The van der Waals surface area contributed by atoms with Crippen LogP contribution in [0, 0.1) is 13.8 Å². The van der Waals surface area contributed by atoms with Crippen LogP contribution in [0.25, 0.3) is 0 Å². The molecule has 0 bridgehead atoms. The second-order valence-electron chi connectivity index (χ2n) is 4.94. The highest BCUT2D eigenvalue weighted by Gasteiger charge is 1.89. The summed E-state index contributed by atoms with van der Waals surface area (Å²) in [4.78, 5) is 0. The lowest BCUT2D eigenvalue weighted by Gasteiger charge is -1.98. The monoisotopic (exact) mass is 236 g/mol. The lowest BCUT2D eigenvalue weighted by molar-refractivity contribution is 0.620. The van der Waals surface area contributed by atoms with Crippen LogP contribution >= 0.6 is 0 Å². The number of rotatable bonds is 13. The fourth-order valence-electron chi connectivity index (χ4n) is 2.00. The van der Waals surface area contributed by atoms with Crippen molar-refractivity contribution in [2.24, 2.45) is 0 Å². The van der Waals surface area contributed by atoms with E-state index in [9.17, 15) is 0 Å². The van der Waals surface area contributed by atoms with Crippen molar-refractivity contribution in [1.29, 1.82) is 0 Å². The number of unbranched alkanes of at least 4 members (excludes halogenated alkanes) is 11. The van der Waals surface area contributed by atoms with Crippen LogP contribution in [-0.4, -0.2) is 0 Å². The first-order chi connectivity index (χ1) is 8.41. The Kier molecular flexibility index (Phi) is 15.5. The van der Waals surface area contributed by atoms with Crippen molar-refractivity contribution >= 4 is 0 Å². The van der Waals surface area contributed by atoms with Gasteiger partial charge in [-0.1, -0.05) is 83.8 Å². The normalized spacial score (nSPS) is 11.4. The van der Waals surface area contributed by atoms with E-state index in [4.69, 9.17) is 0 Å². The molecule has 0 fully saturated rings. The quantitative estimate of drug-likeness (QED) is 0.261. The van der Waals surface area contributed by atoms with E-state index >= 15 is 0 Å². The molecular formula is C17H32. The van der Waals surface area contributed by atoms with Crippen LogP contribution in [0.1, 0.15) is 83.5 Å². The minimum atomic E-state index is 1.10. The van der Waals surface area contributed by atoms with Crippen molar-refractivity contribution in [2.45, 2.75) is 83.5 Å². The van der Waals surface area contributed by atoms with Gasteiger partial charge in [-0.2, -0.15) is 0 Å². The van der Waals surface area contributed by atoms with Gasteiger partial charge in [-0.15, -0.1) is 0 Å². The lowest BCUT2D eigenvalue weighted by Crippen LogP contribution is -1.78. The first-order valence-corrected chi connectivity index (χ1v) is 7.65. The Morgan fingerprint density at radius 3 is 1.24 bits per heavy atom. The largest absolute Gasteiger partial charge is 0.0885 e. The van der Waals surface area contributed by atoms with Gasteiger partial charge >= 0.3 is 0 Å². The van der Waals surface area contributed by atoms with Crippen LogP contribution in [0.2, 0.25) is 0 Å². The second kappa shape index (κ2) is 15.7. The minimum absolute atomic E-state index is 1.10. The first-order valence-electron chi connectivity index (χ1n) is 7.65. The van der Waals surface area contributed by atoms with Gasteiger partial charge in [0.05, 0.1) is 0 Å². The van der Waals surface area contributed by atoms with Gasteiger partial charge in [-0.25, -0.2) is 0 Å². The summed E-state index contributed by atoms with van der Waals surface area (Å²) >= 11 is 0. The molecule has 0 atom stereocenters. The van der Waals surface area contributed by atoms with Crippen LogP contribution in [0.5, 0.6) is 0 Å². The summed E-state index contributed by atoms with van der Waals surface area (Å²) in [5, 5.41) is 0. The molecule has 0 aliphatic heterocycles. The van der Waals surface area contributed by atoms with Crippen molar-refractivity contribution in [3.05, 3.63) is 26.0 Å². The molecule has 0 rings (SSSR count). The van der Waals surface area contributed by atoms with E-state index in [1.54, 1.807) is 0 Å². The van der Waals surface area contributed by atoms with E-state index in [2.05, 4.69) is 26.0 Å². The lowest BCUT2D eigenvalue weighted by atomic mass is 10.1. The molecule has 0 aromatic heterocycles. The van der Waals surface area contributed by atoms with Crippen LogP contribution in [-0.2, 0) is 0 Å². The van der Waals surface area contributed by atoms with E-state index in [1.165, 1.54) is 70.6 Å². The molecule has 0 amide bonds. The number of hydrogen-bond acceptors (Lipinski definition) is 0. The maximum Gasteiger partial charge on any atom is -0.0351 e. The van der Waals surface area contributed by atoms with Gasteiger partial charge in [0.15, 0.2) is 0 Å². The molecule has 0 aliphatic rings. The zero-order chi connectivity index (χ0) is 12.6. The summed E-state index contributed by atoms with van der Waals surface area (Å²) in [5.74, 6) is 0. The van der Waals surface area contributed by atoms with Crippen molar-refractivity contribution < 1.29 is 0 Å². The Bertz CT molecular complexity index is 146. The minimum Gasteiger partial charge on any atom is -0.0885 e.